The summed E-state index contributed by atoms with van der Waals surface area (Å²) >= 11 is 0. The van der Waals surface area contributed by atoms with Crippen LogP contribution in [0.3, 0.4) is 0 Å². The maximum absolute atomic E-state index is 9.63. The molecular weight excluding hydrogens is 218 g/mol. The molecule has 90 valence electrons. The van der Waals surface area contributed by atoms with Crippen molar-refractivity contribution >= 4 is 0 Å². The van der Waals surface area contributed by atoms with Crippen molar-refractivity contribution in [2.75, 3.05) is 0 Å². The van der Waals surface area contributed by atoms with Crippen molar-refractivity contribution in [3.8, 4) is 11.5 Å². The molecule has 0 aliphatic heterocycles. The molecule has 1 atom stereocenters. The number of phenolic OH excluding ortho intramolecular Hbond substituents is 2. The first-order chi connectivity index (χ1) is 8.18. The standard InChI is InChI=1S/C12H15N3O2/c1-8(10-6-14-15-7-10)13-5-9-3-2-4-11(16)12(9)17/h2-4,6-8,13,16-17H,5H2,1H3,(H,14,15). The topological polar surface area (TPSA) is 81.2 Å². The summed E-state index contributed by atoms with van der Waals surface area (Å²) in [7, 11) is 0. The lowest BCUT2D eigenvalue weighted by Crippen LogP contribution is -2.17. The summed E-state index contributed by atoms with van der Waals surface area (Å²) in [5, 5.41) is 28.9. The number of phenols is 2. The molecule has 4 N–H and O–H groups in total. The molecule has 2 rings (SSSR count). The molecule has 1 aromatic heterocycles. The second kappa shape index (κ2) is 4.88. The van der Waals surface area contributed by atoms with Crippen LogP contribution in [0.25, 0.3) is 0 Å². The zero-order valence-corrected chi connectivity index (χ0v) is 9.51. The second-order valence-corrected chi connectivity index (χ2v) is 3.92. The molecule has 0 saturated carbocycles. The first kappa shape index (κ1) is 11.5. The molecule has 0 amide bonds. The van der Waals surface area contributed by atoms with E-state index >= 15 is 0 Å². The fraction of sp³-hybridized carbons (Fsp3) is 0.250. The Morgan fingerprint density at radius 1 is 1.41 bits per heavy atom. The molecule has 1 unspecified atom stereocenters. The van der Waals surface area contributed by atoms with Gasteiger partial charge in [0.2, 0.25) is 0 Å². The molecule has 0 bridgehead atoms. The van der Waals surface area contributed by atoms with Crippen LogP contribution >= 0.6 is 0 Å². The average molecular weight is 233 g/mol. The lowest BCUT2D eigenvalue weighted by Gasteiger charge is -2.13. The highest BCUT2D eigenvalue weighted by atomic mass is 16.3. The molecule has 5 nitrogen and oxygen atoms in total. The van der Waals surface area contributed by atoms with Gasteiger partial charge in [0.1, 0.15) is 0 Å². The van der Waals surface area contributed by atoms with Crippen LogP contribution in [0.2, 0.25) is 0 Å². The van der Waals surface area contributed by atoms with Gasteiger partial charge in [-0.05, 0) is 13.0 Å². The van der Waals surface area contributed by atoms with Crippen molar-refractivity contribution in [2.45, 2.75) is 19.5 Å². The summed E-state index contributed by atoms with van der Waals surface area (Å²) in [4.78, 5) is 0. The Bertz CT molecular complexity index is 483. The number of aromatic hydroxyl groups is 2. The zero-order valence-electron chi connectivity index (χ0n) is 9.51. The van der Waals surface area contributed by atoms with E-state index in [9.17, 15) is 10.2 Å². The SMILES string of the molecule is CC(NCc1cccc(O)c1O)c1cn[nH]c1. The minimum Gasteiger partial charge on any atom is -0.504 e. The molecule has 17 heavy (non-hydrogen) atoms. The highest BCUT2D eigenvalue weighted by Crippen LogP contribution is 2.28. The van der Waals surface area contributed by atoms with E-state index in [2.05, 4.69) is 15.5 Å². The van der Waals surface area contributed by atoms with Gasteiger partial charge in [-0.1, -0.05) is 12.1 Å². The number of hydrogen-bond acceptors (Lipinski definition) is 4. The largest absolute Gasteiger partial charge is 0.504 e. The molecule has 0 radical (unpaired) electrons. The van der Waals surface area contributed by atoms with E-state index in [1.165, 1.54) is 6.07 Å². The number of aromatic nitrogens is 2. The molecule has 1 aromatic carbocycles. The number of benzene rings is 1. The van der Waals surface area contributed by atoms with Crippen LogP contribution in [0.1, 0.15) is 24.1 Å². The third kappa shape index (κ3) is 2.57. The number of nitrogens with zero attached hydrogens (tertiary/aromatic N) is 1. The maximum atomic E-state index is 9.63. The first-order valence-electron chi connectivity index (χ1n) is 5.40. The number of H-pyrrole nitrogens is 1. The van der Waals surface area contributed by atoms with E-state index in [0.717, 1.165) is 5.56 Å². The lowest BCUT2D eigenvalue weighted by atomic mass is 10.1. The predicted octanol–water partition coefficient (Wildman–Crippen LogP) is 1.67. The molecule has 0 aliphatic rings. The van der Waals surface area contributed by atoms with E-state index in [0.29, 0.717) is 12.1 Å². The van der Waals surface area contributed by atoms with Gasteiger partial charge in [-0.25, -0.2) is 0 Å². The van der Waals surface area contributed by atoms with E-state index in [1.807, 2.05) is 13.1 Å². The Labute approximate surface area is 99.1 Å². The van der Waals surface area contributed by atoms with E-state index in [1.54, 1.807) is 18.3 Å². The molecular formula is C12H15N3O2. The van der Waals surface area contributed by atoms with Gasteiger partial charge in [-0.2, -0.15) is 5.10 Å². The minimum absolute atomic E-state index is 0.0700. The molecule has 1 heterocycles. The van der Waals surface area contributed by atoms with Gasteiger partial charge in [0.05, 0.1) is 6.20 Å². The fourth-order valence-electron chi connectivity index (χ4n) is 1.60. The van der Waals surface area contributed by atoms with E-state index < -0.39 is 0 Å². The fourth-order valence-corrected chi connectivity index (χ4v) is 1.60. The van der Waals surface area contributed by atoms with Crippen molar-refractivity contribution in [3.05, 3.63) is 41.7 Å². The second-order valence-electron chi connectivity index (χ2n) is 3.92. The quantitative estimate of drug-likeness (QED) is 0.605. The van der Waals surface area contributed by atoms with Gasteiger partial charge in [0, 0.05) is 29.9 Å². The Balaban J connectivity index is 2.00. The third-order valence-corrected chi connectivity index (χ3v) is 2.72. The van der Waals surface area contributed by atoms with Crippen LogP contribution in [0.4, 0.5) is 0 Å². The summed E-state index contributed by atoms with van der Waals surface area (Å²) in [6.07, 6.45) is 3.57. The Morgan fingerprint density at radius 2 is 2.24 bits per heavy atom. The minimum atomic E-state index is -0.0970. The van der Waals surface area contributed by atoms with E-state index in [4.69, 9.17) is 0 Å². The van der Waals surface area contributed by atoms with Gasteiger partial charge in [0.15, 0.2) is 11.5 Å². The van der Waals surface area contributed by atoms with Crippen LogP contribution in [-0.2, 0) is 6.54 Å². The van der Waals surface area contributed by atoms with Crippen molar-refractivity contribution in [3.63, 3.8) is 0 Å². The summed E-state index contributed by atoms with van der Waals surface area (Å²) in [6, 6.07) is 5.05. The Morgan fingerprint density at radius 3 is 2.94 bits per heavy atom. The van der Waals surface area contributed by atoms with Crippen molar-refractivity contribution in [1.82, 2.24) is 15.5 Å². The number of hydrogen-bond donors (Lipinski definition) is 4. The monoisotopic (exact) mass is 233 g/mol. The smallest absolute Gasteiger partial charge is 0.161 e. The molecule has 0 spiro atoms. The average Bonchev–Trinajstić information content (AvgIpc) is 2.84. The Kier molecular flexibility index (Phi) is 3.30. The lowest BCUT2D eigenvalue weighted by molar-refractivity contribution is 0.396. The summed E-state index contributed by atoms with van der Waals surface area (Å²) < 4.78 is 0. The van der Waals surface area contributed by atoms with Crippen molar-refractivity contribution in [1.29, 1.82) is 0 Å². The Hall–Kier alpha value is -2.01. The van der Waals surface area contributed by atoms with Crippen LogP contribution in [0.5, 0.6) is 11.5 Å². The van der Waals surface area contributed by atoms with Gasteiger partial charge in [-0.3, -0.25) is 5.10 Å². The van der Waals surface area contributed by atoms with Gasteiger partial charge >= 0.3 is 0 Å². The normalized spacial score (nSPS) is 12.5. The van der Waals surface area contributed by atoms with Crippen LogP contribution in [0, 0.1) is 0 Å². The summed E-state index contributed by atoms with van der Waals surface area (Å²) in [6.45, 7) is 2.48. The number of nitrogens with one attached hydrogen (secondary N) is 2. The number of aromatic amines is 1. The summed E-state index contributed by atoms with van der Waals surface area (Å²) in [5.74, 6) is -0.167. The molecule has 0 fully saturated rings. The van der Waals surface area contributed by atoms with Crippen LogP contribution < -0.4 is 5.32 Å². The van der Waals surface area contributed by atoms with Gasteiger partial charge in [-0.15, -0.1) is 0 Å². The van der Waals surface area contributed by atoms with Crippen molar-refractivity contribution in [2.24, 2.45) is 0 Å². The highest BCUT2D eigenvalue weighted by molar-refractivity contribution is 5.44. The third-order valence-electron chi connectivity index (χ3n) is 2.72. The maximum Gasteiger partial charge on any atom is 0.161 e. The molecule has 5 heteroatoms. The molecule has 0 aliphatic carbocycles. The van der Waals surface area contributed by atoms with Gasteiger partial charge < -0.3 is 15.5 Å². The molecule has 2 aromatic rings. The van der Waals surface area contributed by atoms with E-state index in [-0.39, 0.29) is 17.5 Å². The van der Waals surface area contributed by atoms with Crippen LogP contribution in [0.15, 0.2) is 30.6 Å². The summed E-state index contributed by atoms with van der Waals surface area (Å²) in [5.41, 5.74) is 1.71. The number of rotatable bonds is 4. The van der Waals surface area contributed by atoms with Crippen molar-refractivity contribution < 1.29 is 10.2 Å². The van der Waals surface area contributed by atoms with Crippen LogP contribution in [-0.4, -0.2) is 20.4 Å². The molecule has 0 saturated heterocycles. The number of para-hydroxylation sites is 1. The van der Waals surface area contributed by atoms with Gasteiger partial charge in [0.25, 0.3) is 0 Å². The highest BCUT2D eigenvalue weighted by Gasteiger charge is 2.09. The zero-order chi connectivity index (χ0) is 12.3. The first-order valence-corrected chi connectivity index (χ1v) is 5.40. The predicted molar refractivity (Wildman–Crippen MR) is 63.6 cm³/mol.